The lowest BCUT2D eigenvalue weighted by atomic mass is 9.99. The van der Waals surface area contributed by atoms with E-state index < -0.39 is 27.7 Å². The number of hydrogen-bond acceptors (Lipinski definition) is 5. The zero-order valence-corrected chi connectivity index (χ0v) is 23.6. The van der Waals surface area contributed by atoms with Crippen LogP contribution in [0.4, 0.5) is 13.2 Å². The van der Waals surface area contributed by atoms with Crippen molar-refractivity contribution in [2.75, 3.05) is 6.54 Å². The highest BCUT2D eigenvalue weighted by atomic mass is 32.2. The van der Waals surface area contributed by atoms with Crippen LogP contribution < -0.4 is 0 Å². The first-order valence-electron chi connectivity index (χ1n) is 13.4. The summed E-state index contributed by atoms with van der Waals surface area (Å²) in [5.41, 5.74) is 2.20. The van der Waals surface area contributed by atoms with Crippen molar-refractivity contribution >= 4 is 16.0 Å². The number of carbonyl (C=O) groups is 1. The number of benzene rings is 2. The van der Waals surface area contributed by atoms with Gasteiger partial charge in [0.15, 0.2) is 0 Å². The Labute approximate surface area is 240 Å². The fourth-order valence-corrected chi connectivity index (χ4v) is 7.68. The van der Waals surface area contributed by atoms with E-state index in [0.29, 0.717) is 16.9 Å². The average Bonchev–Trinajstić information content (AvgIpc) is 3.39. The third-order valence-electron chi connectivity index (χ3n) is 7.93. The third-order valence-corrected chi connectivity index (χ3v) is 9.85. The number of aromatic nitrogens is 4. The maximum absolute atomic E-state index is 13.6. The molecule has 0 radical (unpaired) electrons. The zero-order valence-electron chi connectivity index (χ0n) is 22.8. The summed E-state index contributed by atoms with van der Waals surface area (Å²) < 4.78 is 71.9. The van der Waals surface area contributed by atoms with Crippen molar-refractivity contribution in [2.24, 2.45) is 13.0 Å². The molecular weight excluding hydrogens is 571 g/mol. The fourth-order valence-electron chi connectivity index (χ4n) is 5.91. The van der Waals surface area contributed by atoms with Crippen LogP contribution in [0, 0.1) is 5.92 Å². The van der Waals surface area contributed by atoms with Crippen molar-refractivity contribution in [2.45, 2.75) is 49.2 Å². The molecule has 9 nitrogen and oxygen atoms in total. The normalized spacial score (nSPS) is 22.0. The van der Waals surface area contributed by atoms with E-state index in [2.05, 4.69) is 10.2 Å². The van der Waals surface area contributed by atoms with Gasteiger partial charge in [-0.05, 0) is 71.7 Å². The topological polar surface area (TPSA) is 110 Å². The molecule has 3 heterocycles. The minimum absolute atomic E-state index is 0.00883. The van der Waals surface area contributed by atoms with Crippen LogP contribution in [0.2, 0.25) is 0 Å². The van der Waals surface area contributed by atoms with Gasteiger partial charge in [-0.25, -0.2) is 17.9 Å². The van der Waals surface area contributed by atoms with Gasteiger partial charge in [-0.15, -0.1) is 0 Å². The standard InChI is InChI=1S/C29H28F3N5O4S/c1-17-8-19-10-21(29(30,31)32)6-7-26(19)42(40,41)36(14-17)15-18-4-3-5-22(9-18)37-27(25(13-34-37)28(38)39)24-11-23(24)20-12-33-35(2)16-20/h3-7,9-10,12-13,16-17,23-24H,8,11,14-15H2,1-2H3,(H,38,39)/t17-,23-,24+/m0/s1. The third kappa shape index (κ3) is 5.11. The molecule has 0 spiro atoms. The highest BCUT2D eigenvalue weighted by molar-refractivity contribution is 7.89. The molecule has 3 atom stereocenters. The number of aromatic carboxylic acids is 1. The quantitative estimate of drug-likeness (QED) is 0.335. The van der Waals surface area contributed by atoms with Gasteiger partial charge in [0.05, 0.1) is 34.2 Å². The first-order valence-corrected chi connectivity index (χ1v) is 14.9. The molecule has 6 rings (SSSR count). The molecule has 4 aromatic rings. The molecule has 1 N–H and O–H groups in total. The van der Waals surface area contributed by atoms with Gasteiger partial charge in [-0.3, -0.25) is 4.68 Å². The van der Waals surface area contributed by atoms with Gasteiger partial charge >= 0.3 is 12.1 Å². The van der Waals surface area contributed by atoms with Crippen LogP contribution in [0.25, 0.3) is 5.69 Å². The van der Waals surface area contributed by atoms with Crippen molar-refractivity contribution < 1.29 is 31.5 Å². The van der Waals surface area contributed by atoms with Crippen LogP contribution in [-0.2, 0) is 36.2 Å². The first-order chi connectivity index (χ1) is 19.8. The molecule has 0 unspecified atom stereocenters. The lowest BCUT2D eigenvalue weighted by Crippen LogP contribution is -2.32. The number of carboxylic acids is 1. The van der Waals surface area contributed by atoms with Crippen molar-refractivity contribution in [3.8, 4) is 5.69 Å². The Morgan fingerprint density at radius 3 is 2.57 bits per heavy atom. The Balaban J connectivity index is 1.32. The summed E-state index contributed by atoms with van der Waals surface area (Å²) in [4.78, 5) is 12.0. The van der Waals surface area contributed by atoms with Crippen molar-refractivity contribution in [1.29, 1.82) is 0 Å². The number of rotatable bonds is 6. The summed E-state index contributed by atoms with van der Waals surface area (Å²) in [5.74, 6) is -1.27. The molecule has 13 heteroatoms. The van der Waals surface area contributed by atoms with E-state index in [0.717, 1.165) is 30.2 Å². The Morgan fingerprint density at radius 1 is 1.10 bits per heavy atom. The Bertz CT molecular complexity index is 1800. The molecule has 2 aromatic carbocycles. The van der Waals surface area contributed by atoms with Crippen molar-refractivity contribution in [3.05, 3.63) is 94.6 Å². The van der Waals surface area contributed by atoms with E-state index >= 15 is 0 Å². The maximum atomic E-state index is 13.6. The van der Waals surface area contributed by atoms with Gasteiger partial charge in [0.2, 0.25) is 10.0 Å². The largest absolute Gasteiger partial charge is 0.478 e. The summed E-state index contributed by atoms with van der Waals surface area (Å²) >= 11 is 0. The van der Waals surface area contributed by atoms with Gasteiger partial charge in [0, 0.05) is 32.3 Å². The summed E-state index contributed by atoms with van der Waals surface area (Å²) in [6.07, 6.45) is 1.39. The predicted octanol–water partition coefficient (Wildman–Crippen LogP) is 4.98. The van der Waals surface area contributed by atoms with Crippen LogP contribution in [-0.4, -0.2) is 49.9 Å². The maximum Gasteiger partial charge on any atom is 0.416 e. The van der Waals surface area contributed by atoms with Crippen LogP contribution in [0.5, 0.6) is 0 Å². The fraction of sp³-hybridized carbons (Fsp3) is 0.345. The van der Waals surface area contributed by atoms with E-state index in [4.69, 9.17) is 0 Å². The number of aryl methyl sites for hydroxylation is 1. The zero-order chi connectivity index (χ0) is 30.0. The highest BCUT2D eigenvalue weighted by Gasteiger charge is 2.45. The van der Waals surface area contributed by atoms with Gasteiger partial charge in [0.25, 0.3) is 0 Å². The molecule has 2 aliphatic rings. The van der Waals surface area contributed by atoms with Crippen molar-refractivity contribution in [1.82, 2.24) is 23.9 Å². The molecule has 220 valence electrons. The summed E-state index contributed by atoms with van der Waals surface area (Å²) in [6, 6.07) is 9.85. The second-order valence-electron chi connectivity index (χ2n) is 11.2. The van der Waals surface area contributed by atoms with Gasteiger partial charge in [-0.2, -0.15) is 27.7 Å². The van der Waals surface area contributed by atoms with E-state index in [1.54, 1.807) is 39.8 Å². The summed E-state index contributed by atoms with van der Waals surface area (Å²) in [7, 11) is -2.26. The SMILES string of the molecule is C[C@H]1Cc2cc(C(F)(F)F)ccc2S(=O)(=O)N(Cc2cccc(-n3ncc(C(=O)O)c3[C@@H]3C[C@H]3c3cnn(C)c3)c2)C1. The second-order valence-corrected chi connectivity index (χ2v) is 13.1. The number of alkyl halides is 3. The van der Waals surface area contributed by atoms with E-state index in [1.807, 2.05) is 20.2 Å². The number of carboxylic acid groups (broad SMARTS) is 1. The molecule has 1 fully saturated rings. The summed E-state index contributed by atoms with van der Waals surface area (Å²) in [5, 5.41) is 18.5. The smallest absolute Gasteiger partial charge is 0.416 e. The molecule has 1 aliphatic carbocycles. The Hall–Kier alpha value is -3.97. The lowest BCUT2D eigenvalue weighted by molar-refractivity contribution is -0.137. The van der Waals surface area contributed by atoms with Crippen molar-refractivity contribution in [3.63, 3.8) is 0 Å². The monoisotopic (exact) mass is 599 g/mol. The molecule has 1 aliphatic heterocycles. The molecule has 1 saturated carbocycles. The van der Waals surface area contributed by atoms with Gasteiger partial charge in [0.1, 0.15) is 5.56 Å². The van der Waals surface area contributed by atoms with Crippen LogP contribution in [0.15, 0.2) is 66.0 Å². The molecular formula is C29H28F3N5O4S. The molecule has 0 amide bonds. The number of nitrogens with zero attached hydrogens (tertiary/aromatic N) is 5. The number of sulfonamides is 1. The molecule has 0 bridgehead atoms. The summed E-state index contributed by atoms with van der Waals surface area (Å²) in [6.45, 7) is 1.94. The van der Waals surface area contributed by atoms with Gasteiger partial charge in [-0.1, -0.05) is 19.1 Å². The molecule has 42 heavy (non-hydrogen) atoms. The lowest BCUT2D eigenvalue weighted by Gasteiger charge is -2.23. The second kappa shape index (κ2) is 10.1. The van der Waals surface area contributed by atoms with Crippen LogP contribution in [0.3, 0.4) is 0 Å². The minimum Gasteiger partial charge on any atom is -0.478 e. The average molecular weight is 600 g/mol. The number of hydrogen-bond donors (Lipinski definition) is 1. The first kappa shape index (κ1) is 28.2. The Kier molecular flexibility index (Phi) is 6.76. The van der Waals surface area contributed by atoms with Crippen LogP contribution >= 0.6 is 0 Å². The molecule has 0 saturated heterocycles. The highest BCUT2D eigenvalue weighted by Crippen LogP contribution is 2.55. The van der Waals surface area contributed by atoms with E-state index in [1.165, 1.54) is 10.5 Å². The Morgan fingerprint density at radius 2 is 1.88 bits per heavy atom. The van der Waals surface area contributed by atoms with Gasteiger partial charge < -0.3 is 5.11 Å². The predicted molar refractivity (Wildman–Crippen MR) is 146 cm³/mol. The van der Waals surface area contributed by atoms with E-state index in [9.17, 15) is 31.5 Å². The van der Waals surface area contributed by atoms with E-state index in [-0.39, 0.29) is 53.3 Å². The van der Waals surface area contributed by atoms with Crippen LogP contribution in [0.1, 0.15) is 63.5 Å². The number of fused-ring (bicyclic) bond motifs is 1. The minimum atomic E-state index is -4.57. The number of halogens is 3. The molecule has 2 aromatic heterocycles.